The molecule has 0 saturated carbocycles. The zero-order valence-electron chi connectivity index (χ0n) is 10.4. The third-order valence-corrected chi connectivity index (χ3v) is 3.80. The molecule has 0 radical (unpaired) electrons. The highest BCUT2D eigenvalue weighted by Gasteiger charge is 2.52. The van der Waals surface area contributed by atoms with Crippen LogP contribution in [-0.4, -0.2) is 18.3 Å². The van der Waals surface area contributed by atoms with Gasteiger partial charge in [-0.2, -0.15) is 0 Å². The lowest BCUT2D eigenvalue weighted by atomic mass is 9.79. The van der Waals surface area contributed by atoms with E-state index < -0.39 is 18.3 Å². The molecule has 1 aromatic rings. The SMILES string of the molecule is CC1(C)OB(c2ccc(F)cc2Cl)OC1(C)C. The largest absolute Gasteiger partial charge is 0.496 e. The fraction of sp³-hybridized carbons (Fsp3) is 0.500. The van der Waals surface area contributed by atoms with E-state index in [9.17, 15) is 4.39 Å². The van der Waals surface area contributed by atoms with Crippen molar-refractivity contribution in [2.45, 2.75) is 38.9 Å². The third-order valence-electron chi connectivity index (χ3n) is 3.47. The van der Waals surface area contributed by atoms with Gasteiger partial charge in [0, 0.05) is 10.5 Å². The highest BCUT2D eigenvalue weighted by Crippen LogP contribution is 2.36. The van der Waals surface area contributed by atoms with E-state index >= 15 is 0 Å². The molecule has 1 fully saturated rings. The first kappa shape index (κ1) is 12.9. The van der Waals surface area contributed by atoms with Crippen molar-refractivity contribution in [3.8, 4) is 0 Å². The summed E-state index contributed by atoms with van der Waals surface area (Å²) < 4.78 is 24.7. The maximum absolute atomic E-state index is 13.0. The number of hydrogen-bond donors (Lipinski definition) is 0. The molecule has 0 bridgehead atoms. The summed E-state index contributed by atoms with van der Waals surface area (Å²) in [5.74, 6) is -0.365. The lowest BCUT2D eigenvalue weighted by molar-refractivity contribution is 0.00578. The van der Waals surface area contributed by atoms with Gasteiger partial charge in [0.05, 0.1) is 11.2 Å². The van der Waals surface area contributed by atoms with Crippen LogP contribution in [0.2, 0.25) is 5.02 Å². The topological polar surface area (TPSA) is 18.5 Å². The number of hydrogen-bond acceptors (Lipinski definition) is 2. The van der Waals surface area contributed by atoms with Gasteiger partial charge in [-0.1, -0.05) is 17.7 Å². The average molecular weight is 257 g/mol. The second-order valence-corrected chi connectivity index (χ2v) is 5.66. The van der Waals surface area contributed by atoms with Crippen molar-refractivity contribution in [2.24, 2.45) is 0 Å². The maximum atomic E-state index is 13.0. The van der Waals surface area contributed by atoms with E-state index in [1.165, 1.54) is 12.1 Å². The first-order valence-electron chi connectivity index (χ1n) is 5.53. The monoisotopic (exact) mass is 256 g/mol. The molecule has 0 aromatic heterocycles. The molecule has 2 rings (SSSR count). The molecule has 1 heterocycles. The van der Waals surface area contributed by atoms with E-state index in [1.54, 1.807) is 6.07 Å². The van der Waals surface area contributed by atoms with Gasteiger partial charge in [0.15, 0.2) is 0 Å². The molecule has 0 spiro atoms. The summed E-state index contributed by atoms with van der Waals surface area (Å²) in [4.78, 5) is 0. The predicted octanol–water partition coefficient (Wildman–Crippen LogP) is 2.78. The number of halogens is 2. The molecule has 92 valence electrons. The third kappa shape index (κ3) is 2.22. The fourth-order valence-electron chi connectivity index (χ4n) is 1.66. The zero-order chi connectivity index (χ0) is 12.8. The standard InChI is InChI=1S/C12H15BClFO2/c1-11(2)12(3,4)17-13(16-11)9-6-5-8(15)7-10(9)14/h5-7H,1-4H3. The predicted molar refractivity (Wildman–Crippen MR) is 67.1 cm³/mol. The van der Waals surface area contributed by atoms with Crippen molar-refractivity contribution in [3.63, 3.8) is 0 Å². The maximum Gasteiger partial charge on any atom is 0.496 e. The van der Waals surface area contributed by atoms with Crippen molar-refractivity contribution in [1.29, 1.82) is 0 Å². The van der Waals surface area contributed by atoms with Crippen LogP contribution < -0.4 is 5.46 Å². The van der Waals surface area contributed by atoms with Crippen molar-refractivity contribution in [3.05, 3.63) is 29.0 Å². The Balaban J connectivity index is 2.32. The Morgan fingerprint density at radius 2 is 1.65 bits per heavy atom. The summed E-state index contributed by atoms with van der Waals surface area (Å²) in [5.41, 5.74) is -0.183. The molecule has 0 atom stereocenters. The van der Waals surface area contributed by atoms with Crippen LogP contribution in [0.25, 0.3) is 0 Å². The van der Waals surface area contributed by atoms with Crippen LogP contribution in [0.3, 0.4) is 0 Å². The van der Waals surface area contributed by atoms with Gasteiger partial charge < -0.3 is 9.31 Å². The summed E-state index contributed by atoms with van der Waals surface area (Å²) in [5, 5.41) is 0.323. The highest BCUT2D eigenvalue weighted by atomic mass is 35.5. The summed E-state index contributed by atoms with van der Waals surface area (Å²) >= 11 is 6.00. The Morgan fingerprint density at radius 1 is 1.12 bits per heavy atom. The first-order chi connectivity index (χ1) is 7.73. The van der Waals surface area contributed by atoms with Gasteiger partial charge in [-0.25, -0.2) is 4.39 Å². The Morgan fingerprint density at radius 3 is 2.12 bits per heavy atom. The summed E-state index contributed by atoms with van der Waals surface area (Å²) in [6.45, 7) is 7.85. The molecule has 1 aliphatic rings. The van der Waals surface area contributed by atoms with Crippen molar-refractivity contribution >= 4 is 24.2 Å². The molecular weight excluding hydrogens is 241 g/mol. The van der Waals surface area contributed by atoms with Crippen LogP contribution in [0.15, 0.2) is 18.2 Å². The zero-order valence-corrected chi connectivity index (χ0v) is 11.1. The van der Waals surface area contributed by atoms with Crippen molar-refractivity contribution in [2.75, 3.05) is 0 Å². The van der Waals surface area contributed by atoms with Crippen LogP contribution in [0.5, 0.6) is 0 Å². The van der Waals surface area contributed by atoms with E-state index in [4.69, 9.17) is 20.9 Å². The van der Waals surface area contributed by atoms with Crippen LogP contribution in [0.1, 0.15) is 27.7 Å². The smallest absolute Gasteiger partial charge is 0.399 e. The van der Waals surface area contributed by atoms with Crippen molar-refractivity contribution in [1.82, 2.24) is 0 Å². The minimum atomic E-state index is -0.548. The van der Waals surface area contributed by atoms with Gasteiger partial charge in [0.2, 0.25) is 0 Å². The van der Waals surface area contributed by atoms with Gasteiger partial charge in [-0.3, -0.25) is 0 Å². The lowest BCUT2D eigenvalue weighted by Gasteiger charge is -2.32. The van der Waals surface area contributed by atoms with Crippen LogP contribution >= 0.6 is 11.6 Å². The van der Waals surface area contributed by atoms with E-state index in [0.717, 1.165) is 0 Å². The van der Waals surface area contributed by atoms with Gasteiger partial charge in [-0.05, 0) is 39.8 Å². The molecule has 1 aromatic carbocycles. The molecule has 0 aliphatic carbocycles. The normalized spacial score (nSPS) is 21.9. The Hall–Kier alpha value is -0.575. The van der Waals surface area contributed by atoms with Crippen LogP contribution in [-0.2, 0) is 9.31 Å². The molecule has 0 N–H and O–H groups in total. The number of benzene rings is 1. The quantitative estimate of drug-likeness (QED) is 0.719. The minimum Gasteiger partial charge on any atom is -0.399 e. The summed E-state index contributed by atoms with van der Waals surface area (Å²) in [7, 11) is -0.548. The van der Waals surface area contributed by atoms with Crippen molar-refractivity contribution < 1.29 is 13.7 Å². The minimum absolute atomic E-state index is 0.323. The molecule has 1 saturated heterocycles. The number of rotatable bonds is 1. The second kappa shape index (κ2) is 3.97. The van der Waals surface area contributed by atoms with Gasteiger partial charge in [-0.15, -0.1) is 0 Å². The Kier molecular flexibility index (Phi) is 3.01. The fourth-order valence-corrected chi connectivity index (χ4v) is 1.92. The van der Waals surface area contributed by atoms with E-state index in [1.807, 2.05) is 27.7 Å². The van der Waals surface area contributed by atoms with Crippen LogP contribution in [0.4, 0.5) is 4.39 Å². The van der Waals surface area contributed by atoms with Gasteiger partial charge in [0.25, 0.3) is 0 Å². The lowest BCUT2D eigenvalue weighted by Crippen LogP contribution is -2.41. The molecule has 1 aliphatic heterocycles. The van der Waals surface area contributed by atoms with Gasteiger partial charge in [0.1, 0.15) is 5.82 Å². The molecule has 5 heteroatoms. The van der Waals surface area contributed by atoms with Crippen LogP contribution in [0, 0.1) is 5.82 Å². The second-order valence-electron chi connectivity index (χ2n) is 5.25. The summed E-state index contributed by atoms with van der Waals surface area (Å²) in [6, 6.07) is 4.22. The molecule has 17 heavy (non-hydrogen) atoms. The molecular formula is C12H15BClFO2. The highest BCUT2D eigenvalue weighted by molar-refractivity contribution is 6.65. The Labute approximate surface area is 106 Å². The van der Waals surface area contributed by atoms with E-state index in [-0.39, 0.29) is 5.82 Å². The molecule has 0 unspecified atom stereocenters. The van der Waals surface area contributed by atoms with E-state index in [0.29, 0.717) is 10.5 Å². The van der Waals surface area contributed by atoms with Gasteiger partial charge >= 0.3 is 7.12 Å². The molecule has 0 amide bonds. The average Bonchev–Trinajstić information content (AvgIpc) is 2.35. The Bertz CT molecular complexity index is 432. The molecule has 2 nitrogen and oxygen atoms in total. The summed E-state index contributed by atoms with van der Waals surface area (Å²) in [6.07, 6.45) is 0. The van der Waals surface area contributed by atoms with E-state index in [2.05, 4.69) is 0 Å². The first-order valence-corrected chi connectivity index (χ1v) is 5.91.